The quantitative estimate of drug-likeness (QED) is 0.874. The van der Waals surface area contributed by atoms with Gasteiger partial charge in [0.2, 0.25) is 0 Å². The van der Waals surface area contributed by atoms with Crippen molar-refractivity contribution in [2.24, 2.45) is 0 Å². The SMILES string of the molecule is CN(C)C(=O)c1cncc(-c2ccccc2OC(F)(F)F)n1. The Bertz CT molecular complexity index is 687. The van der Waals surface area contributed by atoms with Gasteiger partial charge in [-0.25, -0.2) is 4.98 Å². The van der Waals surface area contributed by atoms with Crippen molar-refractivity contribution >= 4 is 5.91 Å². The van der Waals surface area contributed by atoms with Crippen molar-refractivity contribution in [3.8, 4) is 17.0 Å². The molecule has 0 aliphatic heterocycles. The first-order valence-corrected chi connectivity index (χ1v) is 6.17. The zero-order valence-electron chi connectivity index (χ0n) is 11.8. The summed E-state index contributed by atoms with van der Waals surface area (Å²) in [5.74, 6) is -0.803. The molecule has 0 fully saturated rings. The van der Waals surface area contributed by atoms with E-state index >= 15 is 0 Å². The molecule has 22 heavy (non-hydrogen) atoms. The third kappa shape index (κ3) is 3.72. The molecule has 0 saturated heterocycles. The van der Waals surface area contributed by atoms with Gasteiger partial charge in [-0.1, -0.05) is 12.1 Å². The lowest BCUT2D eigenvalue weighted by Gasteiger charge is -2.13. The summed E-state index contributed by atoms with van der Waals surface area (Å²) in [6, 6.07) is 5.54. The first kappa shape index (κ1) is 15.7. The van der Waals surface area contributed by atoms with Gasteiger partial charge in [0.15, 0.2) is 0 Å². The van der Waals surface area contributed by atoms with E-state index in [-0.39, 0.29) is 17.0 Å². The van der Waals surface area contributed by atoms with Gasteiger partial charge in [0.05, 0.1) is 18.1 Å². The van der Waals surface area contributed by atoms with E-state index < -0.39 is 18.0 Å². The van der Waals surface area contributed by atoms with Gasteiger partial charge < -0.3 is 9.64 Å². The average molecular weight is 311 g/mol. The van der Waals surface area contributed by atoms with Crippen LogP contribution in [0.5, 0.6) is 5.75 Å². The first-order valence-electron chi connectivity index (χ1n) is 6.17. The van der Waals surface area contributed by atoms with E-state index in [4.69, 9.17) is 0 Å². The minimum atomic E-state index is -4.82. The van der Waals surface area contributed by atoms with Crippen molar-refractivity contribution in [1.82, 2.24) is 14.9 Å². The van der Waals surface area contributed by atoms with Crippen LogP contribution in [0.4, 0.5) is 13.2 Å². The molecule has 5 nitrogen and oxygen atoms in total. The minimum Gasteiger partial charge on any atom is -0.405 e. The van der Waals surface area contributed by atoms with Gasteiger partial charge in [-0.15, -0.1) is 13.2 Å². The molecule has 0 atom stereocenters. The van der Waals surface area contributed by atoms with Crippen LogP contribution in [0, 0.1) is 0 Å². The van der Waals surface area contributed by atoms with E-state index in [0.717, 1.165) is 0 Å². The Morgan fingerprint density at radius 3 is 2.50 bits per heavy atom. The van der Waals surface area contributed by atoms with Crippen LogP contribution in [0.3, 0.4) is 0 Å². The van der Waals surface area contributed by atoms with Crippen molar-refractivity contribution in [3.05, 3.63) is 42.4 Å². The molecule has 0 unspecified atom stereocenters. The fraction of sp³-hybridized carbons (Fsp3) is 0.214. The Hall–Kier alpha value is -2.64. The van der Waals surface area contributed by atoms with Gasteiger partial charge in [-0.3, -0.25) is 9.78 Å². The van der Waals surface area contributed by atoms with Crippen LogP contribution in [-0.4, -0.2) is 41.2 Å². The lowest BCUT2D eigenvalue weighted by Crippen LogP contribution is -2.23. The van der Waals surface area contributed by atoms with Gasteiger partial charge in [0.1, 0.15) is 11.4 Å². The van der Waals surface area contributed by atoms with E-state index in [2.05, 4.69) is 14.7 Å². The number of nitrogens with zero attached hydrogens (tertiary/aromatic N) is 3. The normalized spacial score (nSPS) is 11.1. The molecule has 1 heterocycles. The molecule has 2 rings (SSSR count). The second kappa shape index (κ2) is 6.00. The molecule has 116 valence electrons. The Balaban J connectivity index is 2.45. The van der Waals surface area contributed by atoms with Gasteiger partial charge in [0, 0.05) is 19.7 Å². The predicted octanol–water partition coefficient (Wildman–Crippen LogP) is 2.74. The summed E-state index contributed by atoms with van der Waals surface area (Å²) in [7, 11) is 3.08. The highest BCUT2D eigenvalue weighted by Crippen LogP contribution is 2.32. The van der Waals surface area contributed by atoms with E-state index in [1.165, 1.54) is 49.6 Å². The molecule has 0 bridgehead atoms. The lowest BCUT2D eigenvalue weighted by molar-refractivity contribution is -0.274. The number of halogens is 3. The van der Waals surface area contributed by atoms with Crippen LogP contribution in [0.25, 0.3) is 11.3 Å². The summed E-state index contributed by atoms with van der Waals surface area (Å²) >= 11 is 0. The van der Waals surface area contributed by atoms with Crippen LogP contribution in [0.15, 0.2) is 36.7 Å². The van der Waals surface area contributed by atoms with E-state index in [0.29, 0.717) is 0 Å². The summed E-state index contributed by atoms with van der Waals surface area (Å²) in [5, 5.41) is 0. The fourth-order valence-corrected chi connectivity index (χ4v) is 1.72. The number of hydrogen-bond donors (Lipinski definition) is 0. The van der Waals surface area contributed by atoms with Crippen LogP contribution >= 0.6 is 0 Å². The van der Waals surface area contributed by atoms with Gasteiger partial charge >= 0.3 is 6.36 Å². The Morgan fingerprint density at radius 2 is 1.86 bits per heavy atom. The number of aromatic nitrogens is 2. The molecule has 0 spiro atoms. The van der Waals surface area contributed by atoms with Crippen molar-refractivity contribution < 1.29 is 22.7 Å². The van der Waals surface area contributed by atoms with Crippen LogP contribution < -0.4 is 4.74 Å². The molecule has 8 heteroatoms. The first-order chi connectivity index (χ1) is 10.3. The fourth-order valence-electron chi connectivity index (χ4n) is 1.72. The average Bonchev–Trinajstić information content (AvgIpc) is 2.45. The predicted molar refractivity (Wildman–Crippen MR) is 72.2 cm³/mol. The number of carbonyl (C=O) groups excluding carboxylic acids is 1. The molecule has 0 N–H and O–H groups in total. The van der Waals surface area contributed by atoms with Crippen LogP contribution in [-0.2, 0) is 0 Å². The van der Waals surface area contributed by atoms with Crippen molar-refractivity contribution in [2.75, 3.05) is 14.1 Å². The van der Waals surface area contributed by atoms with Crippen molar-refractivity contribution in [3.63, 3.8) is 0 Å². The van der Waals surface area contributed by atoms with Crippen molar-refractivity contribution in [2.45, 2.75) is 6.36 Å². The third-order valence-corrected chi connectivity index (χ3v) is 2.65. The van der Waals surface area contributed by atoms with Crippen molar-refractivity contribution in [1.29, 1.82) is 0 Å². The minimum absolute atomic E-state index is 0.0318. The maximum atomic E-state index is 12.4. The molecule has 1 aromatic heterocycles. The summed E-state index contributed by atoms with van der Waals surface area (Å²) in [6.07, 6.45) is -2.30. The highest BCUT2D eigenvalue weighted by Gasteiger charge is 2.32. The summed E-state index contributed by atoms with van der Waals surface area (Å²) in [5.41, 5.74) is 0.248. The summed E-state index contributed by atoms with van der Waals surface area (Å²) < 4.78 is 41.3. The highest BCUT2D eigenvalue weighted by atomic mass is 19.4. The second-order valence-electron chi connectivity index (χ2n) is 4.53. The molecule has 1 amide bonds. The number of rotatable bonds is 3. The zero-order valence-corrected chi connectivity index (χ0v) is 11.8. The molecule has 0 aliphatic carbocycles. The Labute approximate surface area is 124 Å². The standard InChI is InChI=1S/C14H12F3N3O2/c1-20(2)13(21)11-8-18-7-10(19-11)9-5-3-4-6-12(9)22-14(15,16)17/h3-8H,1-2H3. The van der Waals surface area contributed by atoms with E-state index in [1.54, 1.807) is 6.07 Å². The molecular weight excluding hydrogens is 299 g/mol. The van der Waals surface area contributed by atoms with Gasteiger partial charge in [-0.05, 0) is 12.1 Å². The number of alkyl halides is 3. The van der Waals surface area contributed by atoms with E-state index in [9.17, 15) is 18.0 Å². The molecule has 0 radical (unpaired) electrons. The largest absolute Gasteiger partial charge is 0.573 e. The Morgan fingerprint density at radius 1 is 1.18 bits per heavy atom. The van der Waals surface area contributed by atoms with Crippen LogP contribution in [0.2, 0.25) is 0 Å². The third-order valence-electron chi connectivity index (χ3n) is 2.65. The second-order valence-corrected chi connectivity index (χ2v) is 4.53. The van der Waals surface area contributed by atoms with Gasteiger partial charge in [0.25, 0.3) is 5.91 Å². The van der Waals surface area contributed by atoms with Crippen LogP contribution in [0.1, 0.15) is 10.5 Å². The summed E-state index contributed by atoms with van der Waals surface area (Å²) in [6.45, 7) is 0. The zero-order chi connectivity index (χ0) is 16.3. The van der Waals surface area contributed by atoms with Gasteiger partial charge in [-0.2, -0.15) is 0 Å². The molecule has 2 aromatic rings. The number of ether oxygens (including phenoxy) is 1. The smallest absolute Gasteiger partial charge is 0.405 e. The molecular formula is C14H12F3N3O2. The Kier molecular flexibility index (Phi) is 4.30. The number of hydrogen-bond acceptors (Lipinski definition) is 4. The molecule has 0 aliphatic rings. The number of para-hydroxylation sites is 1. The maximum Gasteiger partial charge on any atom is 0.573 e. The highest BCUT2D eigenvalue weighted by molar-refractivity contribution is 5.92. The monoisotopic (exact) mass is 311 g/mol. The number of benzene rings is 1. The number of carbonyl (C=O) groups is 1. The lowest BCUT2D eigenvalue weighted by atomic mass is 10.1. The topological polar surface area (TPSA) is 55.3 Å². The molecule has 1 aromatic carbocycles. The summed E-state index contributed by atoms with van der Waals surface area (Å²) in [4.78, 5) is 21.1. The van der Waals surface area contributed by atoms with E-state index in [1.807, 2.05) is 0 Å². The maximum absolute atomic E-state index is 12.4. The number of amides is 1. The molecule has 0 saturated carbocycles.